The lowest BCUT2D eigenvalue weighted by atomic mass is 9.38. The van der Waals surface area contributed by atoms with Crippen LogP contribution in [0.25, 0.3) is 0 Å². The van der Waals surface area contributed by atoms with E-state index in [1.807, 2.05) is 19.1 Å². The van der Waals surface area contributed by atoms with E-state index < -0.39 is 0 Å². The van der Waals surface area contributed by atoms with E-state index >= 15 is 0 Å². The minimum atomic E-state index is -0.200. The SMILES string of the molecule is Cc1cc(OCC(=O)CC23CC(NC(=O)c4cccc(C#N)c4)(C2)C3)ccc1Cl. The smallest absolute Gasteiger partial charge is 0.251 e. The van der Waals surface area contributed by atoms with E-state index in [2.05, 4.69) is 5.32 Å². The fraction of sp³-hybridized carbons (Fsp3) is 0.348. The molecule has 3 aliphatic carbocycles. The number of halogens is 1. The third-order valence-corrected chi connectivity index (χ3v) is 6.30. The normalized spacial score (nSPS) is 23.9. The summed E-state index contributed by atoms with van der Waals surface area (Å²) in [5, 5.41) is 12.7. The summed E-state index contributed by atoms with van der Waals surface area (Å²) < 4.78 is 5.60. The Balaban J connectivity index is 1.25. The summed E-state index contributed by atoms with van der Waals surface area (Å²) in [6.07, 6.45) is 2.92. The summed E-state index contributed by atoms with van der Waals surface area (Å²) in [6, 6.07) is 14.1. The van der Waals surface area contributed by atoms with Crippen LogP contribution >= 0.6 is 11.6 Å². The number of nitrogens with one attached hydrogen (secondary N) is 1. The molecule has 0 heterocycles. The van der Waals surface area contributed by atoms with Crippen LogP contribution in [-0.4, -0.2) is 23.8 Å². The summed E-state index contributed by atoms with van der Waals surface area (Å²) in [7, 11) is 0. The number of rotatable bonds is 7. The van der Waals surface area contributed by atoms with Crippen LogP contribution in [-0.2, 0) is 4.79 Å². The molecule has 0 spiro atoms. The maximum atomic E-state index is 12.5. The number of carbonyl (C=O) groups is 2. The van der Waals surface area contributed by atoms with Gasteiger partial charge in [-0.1, -0.05) is 17.7 Å². The minimum Gasteiger partial charge on any atom is -0.486 e. The van der Waals surface area contributed by atoms with Crippen molar-refractivity contribution in [2.45, 2.75) is 38.1 Å². The largest absolute Gasteiger partial charge is 0.486 e. The summed E-state index contributed by atoms with van der Waals surface area (Å²) in [6.45, 7) is 1.94. The molecule has 6 heteroatoms. The van der Waals surface area contributed by atoms with E-state index in [1.54, 1.807) is 36.4 Å². The number of ether oxygens (including phenoxy) is 1. The number of aryl methyl sites for hydroxylation is 1. The van der Waals surface area contributed by atoms with E-state index in [0.717, 1.165) is 24.8 Å². The van der Waals surface area contributed by atoms with Crippen LogP contribution in [0.1, 0.15) is 47.2 Å². The van der Waals surface area contributed by atoms with Gasteiger partial charge in [-0.3, -0.25) is 9.59 Å². The first-order chi connectivity index (χ1) is 13.8. The van der Waals surface area contributed by atoms with Gasteiger partial charge in [0, 0.05) is 22.5 Å². The highest BCUT2D eigenvalue weighted by atomic mass is 35.5. The maximum absolute atomic E-state index is 12.5. The predicted molar refractivity (Wildman–Crippen MR) is 109 cm³/mol. The zero-order chi connectivity index (χ0) is 20.6. The summed E-state index contributed by atoms with van der Waals surface area (Å²) in [5.74, 6) is 0.545. The molecule has 1 N–H and O–H groups in total. The lowest BCUT2D eigenvalue weighted by Gasteiger charge is -2.70. The highest BCUT2D eigenvalue weighted by Crippen LogP contribution is 2.69. The Kier molecular flexibility index (Phi) is 4.84. The number of nitriles is 1. The van der Waals surface area contributed by atoms with Crippen LogP contribution in [0.3, 0.4) is 0 Å². The molecule has 0 aromatic heterocycles. The number of amides is 1. The molecule has 2 bridgehead atoms. The van der Waals surface area contributed by atoms with E-state index in [4.69, 9.17) is 21.6 Å². The number of carbonyl (C=O) groups excluding carboxylic acids is 2. The molecule has 148 valence electrons. The molecular weight excluding hydrogens is 388 g/mol. The van der Waals surface area contributed by atoms with Crippen molar-refractivity contribution in [3.8, 4) is 11.8 Å². The number of benzene rings is 2. The van der Waals surface area contributed by atoms with E-state index in [1.165, 1.54) is 0 Å². The Bertz CT molecular complexity index is 1020. The minimum absolute atomic E-state index is 0.00185. The first-order valence-corrected chi connectivity index (χ1v) is 9.93. The number of hydrogen-bond acceptors (Lipinski definition) is 4. The van der Waals surface area contributed by atoms with Crippen LogP contribution < -0.4 is 10.1 Å². The monoisotopic (exact) mass is 408 g/mol. The second-order valence-corrected chi connectivity index (χ2v) is 8.78. The molecule has 0 unspecified atom stereocenters. The highest BCUT2D eigenvalue weighted by molar-refractivity contribution is 6.31. The van der Waals surface area contributed by atoms with Gasteiger partial charge in [-0.05, 0) is 73.6 Å². The van der Waals surface area contributed by atoms with E-state index in [9.17, 15) is 9.59 Å². The Morgan fingerprint density at radius 1 is 1.21 bits per heavy atom. The fourth-order valence-corrected chi connectivity index (χ4v) is 4.82. The third kappa shape index (κ3) is 3.86. The van der Waals surface area contributed by atoms with Crippen molar-refractivity contribution in [2.24, 2.45) is 5.41 Å². The highest BCUT2D eigenvalue weighted by Gasteiger charge is 2.68. The second-order valence-electron chi connectivity index (χ2n) is 8.37. The molecule has 3 aliphatic rings. The van der Waals surface area contributed by atoms with Crippen molar-refractivity contribution in [1.82, 2.24) is 5.32 Å². The van der Waals surface area contributed by atoms with E-state index in [-0.39, 0.29) is 29.3 Å². The average Bonchev–Trinajstić information content (AvgIpc) is 2.66. The molecule has 0 atom stereocenters. The molecule has 1 amide bonds. The second kappa shape index (κ2) is 7.20. The van der Waals surface area contributed by atoms with Crippen LogP contribution in [0.5, 0.6) is 5.75 Å². The van der Waals surface area contributed by atoms with Gasteiger partial charge in [-0.15, -0.1) is 0 Å². The molecule has 2 aromatic rings. The summed E-state index contributed by atoms with van der Waals surface area (Å²) in [4.78, 5) is 24.8. The first kappa shape index (κ1) is 19.5. The Morgan fingerprint density at radius 2 is 1.97 bits per heavy atom. The lowest BCUT2D eigenvalue weighted by Crippen LogP contribution is -2.75. The first-order valence-electron chi connectivity index (χ1n) is 9.56. The lowest BCUT2D eigenvalue weighted by molar-refractivity contribution is -0.162. The van der Waals surface area contributed by atoms with Gasteiger partial charge in [0.1, 0.15) is 12.4 Å². The number of hydrogen-bond donors (Lipinski definition) is 1. The van der Waals surface area contributed by atoms with Gasteiger partial charge in [0.25, 0.3) is 5.91 Å². The Labute approximate surface area is 174 Å². The Morgan fingerprint density at radius 3 is 2.66 bits per heavy atom. The topological polar surface area (TPSA) is 79.2 Å². The van der Waals surface area contributed by atoms with Crippen LogP contribution in [0, 0.1) is 23.7 Å². The third-order valence-electron chi connectivity index (χ3n) is 5.87. The van der Waals surface area contributed by atoms with Crippen molar-refractivity contribution in [3.05, 3.63) is 64.2 Å². The van der Waals surface area contributed by atoms with Crippen molar-refractivity contribution in [1.29, 1.82) is 5.26 Å². The van der Waals surface area contributed by atoms with Gasteiger partial charge in [-0.25, -0.2) is 0 Å². The van der Waals surface area contributed by atoms with Crippen LogP contribution in [0.15, 0.2) is 42.5 Å². The van der Waals surface area contributed by atoms with Crippen LogP contribution in [0.4, 0.5) is 0 Å². The fourth-order valence-electron chi connectivity index (χ4n) is 4.70. The van der Waals surface area contributed by atoms with Gasteiger partial charge < -0.3 is 10.1 Å². The van der Waals surface area contributed by atoms with Crippen molar-refractivity contribution in [3.63, 3.8) is 0 Å². The maximum Gasteiger partial charge on any atom is 0.251 e. The standard InChI is InChI=1S/C23H21ClN2O3/c1-15-7-19(5-6-20(15)24)29-11-18(27)9-22-12-23(13-22,14-22)26-21(28)17-4-2-3-16(8-17)10-25/h2-8H,9,11-14H2,1H3,(H,26,28). The summed E-state index contributed by atoms with van der Waals surface area (Å²) in [5.41, 5.74) is 1.67. The molecule has 0 aliphatic heterocycles. The molecule has 3 saturated carbocycles. The predicted octanol–water partition coefficient (Wildman–Crippen LogP) is 4.21. The molecule has 29 heavy (non-hydrogen) atoms. The zero-order valence-corrected chi connectivity index (χ0v) is 16.9. The van der Waals surface area contributed by atoms with Crippen molar-refractivity contribution < 1.29 is 14.3 Å². The van der Waals surface area contributed by atoms with Gasteiger partial charge >= 0.3 is 0 Å². The number of Topliss-reactive ketones (excluding diaryl/α,β-unsaturated/α-hetero) is 1. The molecule has 0 saturated heterocycles. The molecule has 5 nitrogen and oxygen atoms in total. The number of ketones is 1. The quantitative estimate of drug-likeness (QED) is 0.744. The van der Waals surface area contributed by atoms with Crippen molar-refractivity contribution in [2.75, 3.05) is 6.61 Å². The van der Waals surface area contributed by atoms with Gasteiger partial charge in [-0.2, -0.15) is 5.26 Å². The van der Waals surface area contributed by atoms with E-state index in [0.29, 0.717) is 28.3 Å². The van der Waals surface area contributed by atoms with Gasteiger partial charge in [0.2, 0.25) is 0 Å². The molecule has 0 radical (unpaired) electrons. The van der Waals surface area contributed by atoms with Gasteiger partial charge in [0.05, 0.1) is 11.6 Å². The zero-order valence-electron chi connectivity index (χ0n) is 16.1. The average molecular weight is 409 g/mol. The van der Waals surface area contributed by atoms with Crippen LogP contribution in [0.2, 0.25) is 5.02 Å². The number of nitrogens with zero attached hydrogens (tertiary/aromatic N) is 1. The molecule has 2 aromatic carbocycles. The Hall–Kier alpha value is -2.84. The van der Waals surface area contributed by atoms with Gasteiger partial charge in [0.15, 0.2) is 5.78 Å². The molecule has 5 rings (SSSR count). The molecule has 3 fully saturated rings. The van der Waals surface area contributed by atoms with Crippen molar-refractivity contribution >= 4 is 23.3 Å². The summed E-state index contributed by atoms with van der Waals surface area (Å²) >= 11 is 6.00. The molecular formula is C23H21ClN2O3.